The minimum absolute atomic E-state index is 0.0561. The molecule has 1 heterocycles. The molecule has 0 aliphatic carbocycles. The van der Waals surface area contributed by atoms with Gasteiger partial charge in [-0.05, 0) is 50.1 Å². The van der Waals surface area contributed by atoms with E-state index in [1.165, 1.54) is 0 Å². The number of hydrogen-bond acceptors (Lipinski definition) is 2. The van der Waals surface area contributed by atoms with Crippen molar-refractivity contribution in [1.29, 1.82) is 0 Å². The first kappa shape index (κ1) is 15.5. The molecule has 1 aromatic carbocycles. The summed E-state index contributed by atoms with van der Waals surface area (Å²) >= 11 is 3.39. The lowest BCUT2D eigenvalue weighted by atomic mass is 10.1. The van der Waals surface area contributed by atoms with Crippen LogP contribution in [0.3, 0.4) is 0 Å². The van der Waals surface area contributed by atoms with Gasteiger partial charge in [-0.2, -0.15) is 0 Å². The quantitative estimate of drug-likeness (QED) is 0.892. The molecule has 1 atom stereocenters. The Morgan fingerprint density at radius 2 is 1.90 bits per heavy atom. The number of carbonyl (C=O) groups is 1. The van der Waals surface area contributed by atoms with Crippen LogP contribution in [0.2, 0.25) is 0 Å². The second-order valence-corrected chi connectivity index (χ2v) is 6.00. The van der Waals surface area contributed by atoms with Gasteiger partial charge in [-0.1, -0.05) is 28.1 Å². The summed E-state index contributed by atoms with van der Waals surface area (Å²) in [6.45, 7) is 3.70. The molecule has 2 N–H and O–H groups in total. The largest absolute Gasteiger partial charge is 0.349 e. The topological polar surface area (TPSA) is 62.0 Å². The first-order valence-electron chi connectivity index (χ1n) is 6.71. The first-order chi connectivity index (χ1) is 9.95. The van der Waals surface area contributed by atoms with E-state index in [9.17, 15) is 9.59 Å². The minimum atomic E-state index is -0.358. The SMILES string of the molecule is Cc1ccc(C(=O)N[C@@H](C)Cc2ccc(Br)cc2)c(=O)[nH]1. The van der Waals surface area contributed by atoms with Crippen LogP contribution in [0.25, 0.3) is 0 Å². The second-order valence-electron chi connectivity index (χ2n) is 5.09. The van der Waals surface area contributed by atoms with Crippen molar-refractivity contribution in [3.63, 3.8) is 0 Å². The molecule has 2 rings (SSSR count). The van der Waals surface area contributed by atoms with E-state index in [-0.39, 0.29) is 23.1 Å². The van der Waals surface area contributed by atoms with Crippen LogP contribution in [0.15, 0.2) is 45.7 Å². The van der Waals surface area contributed by atoms with Crippen molar-refractivity contribution < 1.29 is 4.79 Å². The summed E-state index contributed by atoms with van der Waals surface area (Å²) in [6, 6.07) is 11.2. The fourth-order valence-electron chi connectivity index (χ4n) is 2.08. The maximum atomic E-state index is 12.1. The number of halogens is 1. The van der Waals surface area contributed by atoms with Crippen molar-refractivity contribution in [3.05, 3.63) is 68.0 Å². The second kappa shape index (κ2) is 6.72. The van der Waals surface area contributed by atoms with Gasteiger partial charge >= 0.3 is 0 Å². The number of rotatable bonds is 4. The molecule has 0 saturated heterocycles. The molecular weight excluding hydrogens is 332 g/mol. The van der Waals surface area contributed by atoms with E-state index in [4.69, 9.17) is 0 Å². The van der Waals surface area contributed by atoms with Gasteiger partial charge in [0.05, 0.1) is 0 Å². The van der Waals surface area contributed by atoms with Gasteiger partial charge in [-0.3, -0.25) is 9.59 Å². The van der Waals surface area contributed by atoms with Gasteiger partial charge in [0.15, 0.2) is 0 Å². The Hall–Kier alpha value is -1.88. The smallest absolute Gasteiger partial charge is 0.260 e. The third kappa shape index (κ3) is 4.29. The lowest BCUT2D eigenvalue weighted by molar-refractivity contribution is 0.0938. The van der Waals surface area contributed by atoms with Crippen LogP contribution < -0.4 is 10.9 Å². The Morgan fingerprint density at radius 1 is 1.24 bits per heavy atom. The van der Waals surface area contributed by atoms with E-state index in [2.05, 4.69) is 26.2 Å². The van der Waals surface area contributed by atoms with Crippen LogP contribution >= 0.6 is 15.9 Å². The zero-order valence-electron chi connectivity index (χ0n) is 11.9. The summed E-state index contributed by atoms with van der Waals surface area (Å²) in [6.07, 6.45) is 0.711. The van der Waals surface area contributed by atoms with Gasteiger partial charge < -0.3 is 10.3 Å². The van der Waals surface area contributed by atoms with Crippen molar-refractivity contribution >= 4 is 21.8 Å². The number of H-pyrrole nitrogens is 1. The van der Waals surface area contributed by atoms with E-state index in [0.717, 1.165) is 15.7 Å². The number of amides is 1. The monoisotopic (exact) mass is 348 g/mol. The maximum Gasteiger partial charge on any atom is 0.260 e. The number of aromatic amines is 1. The Labute approximate surface area is 131 Å². The highest BCUT2D eigenvalue weighted by atomic mass is 79.9. The normalized spacial score (nSPS) is 12.0. The van der Waals surface area contributed by atoms with Crippen LogP contribution in [-0.2, 0) is 6.42 Å². The molecule has 5 heteroatoms. The van der Waals surface area contributed by atoms with Crippen LogP contribution in [0.5, 0.6) is 0 Å². The number of aromatic nitrogens is 1. The summed E-state index contributed by atoms with van der Waals surface area (Å²) in [5, 5.41) is 2.85. The average Bonchev–Trinajstić information content (AvgIpc) is 2.41. The Morgan fingerprint density at radius 3 is 2.52 bits per heavy atom. The van der Waals surface area contributed by atoms with Gasteiger partial charge in [0.25, 0.3) is 11.5 Å². The lowest BCUT2D eigenvalue weighted by Gasteiger charge is -2.14. The number of hydrogen-bond donors (Lipinski definition) is 2. The van der Waals surface area contributed by atoms with Crippen LogP contribution in [0.1, 0.15) is 28.5 Å². The average molecular weight is 349 g/mol. The van der Waals surface area contributed by atoms with E-state index in [1.54, 1.807) is 19.1 Å². The third-order valence-electron chi connectivity index (χ3n) is 3.13. The van der Waals surface area contributed by atoms with E-state index < -0.39 is 0 Å². The molecule has 21 heavy (non-hydrogen) atoms. The third-order valence-corrected chi connectivity index (χ3v) is 3.66. The number of carbonyl (C=O) groups excluding carboxylic acids is 1. The van der Waals surface area contributed by atoms with Gasteiger partial charge in [-0.25, -0.2) is 0 Å². The summed E-state index contributed by atoms with van der Waals surface area (Å²) in [5.74, 6) is -0.346. The van der Waals surface area contributed by atoms with Crippen molar-refractivity contribution in [2.24, 2.45) is 0 Å². The van der Waals surface area contributed by atoms with Crippen LogP contribution in [0, 0.1) is 6.92 Å². The highest BCUT2D eigenvalue weighted by molar-refractivity contribution is 9.10. The molecule has 4 nitrogen and oxygen atoms in total. The molecule has 1 amide bonds. The van der Waals surface area contributed by atoms with Crippen molar-refractivity contribution in [3.8, 4) is 0 Å². The van der Waals surface area contributed by atoms with Gasteiger partial charge in [0.2, 0.25) is 0 Å². The van der Waals surface area contributed by atoms with Crippen molar-refractivity contribution in [2.45, 2.75) is 26.3 Å². The molecule has 0 bridgehead atoms. The van der Waals surface area contributed by atoms with Gasteiger partial charge in [0, 0.05) is 16.2 Å². The highest BCUT2D eigenvalue weighted by Crippen LogP contribution is 2.12. The number of nitrogens with one attached hydrogen (secondary N) is 2. The molecule has 1 aromatic heterocycles. The van der Waals surface area contributed by atoms with Crippen molar-refractivity contribution in [1.82, 2.24) is 10.3 Å². The minimum Gasteiger partial charge on any atom is -0.349 e. The number of pyridine rings is 1. The first-order valence-corrected chi connectivity index (χ1v) is 7.50. The van der Waals surface area contributed by atoms with Crippen LogP contribution in [0.4, 0.5) is 0 Å². The Bertz CT molecular complexity index is 692. The standard InChI is InChI=1S/C16H17BrN2O2/c1-10-3-8-14(15(20)18-10)16(21)19-11(2)9-12-4-6-13(17)7-5-12/h3-8,11H,9H2,1-2H3,(H,18,20)(H,19,21)/t11-/m0/s1. The molecule has 110 valence electrons. The highest BCUT2D eigenvalue weighted by Gasteiger charge is 2.13. The predicted molar refractivity (Wildman–Crippen MR) is 86.6 cm³/mol. The summed E-state index contributed by atoms with van der Waals surface area (Å²) in [5.41, 5.74) is 1.65. The van der Waals surface area contributed by atoms with Crippen LogP contribution in [-0.4, -0.2) is 16.9 Å². The number of aryl methyl sites for hydroxylation is 1. The zero-order chi connectivity index (χ0) is 15.4. The molecule has 0 spiro atoms. The lowest BCUT2D eigenvalue weighted by Crippen LogP contribution is -2.37. The summed E-state index contributed by atoms with van der Waals surface area (Å²) in [4.78, 5) is 26.5. The Balaban J connectivity index is 2.01. The Kier molecular flexibility index (Phi) is 4.96. The van der Waals surface area contributed by atoms with E-state index in [0.29, 0.717) is 6.42 Å². The van der Waals surface area contributed by atoms with E-state index >= 15 is 0 Å². The molecular formula is C16H17BrN2O2. The molecule has 2 aromatic rings. The molecule has 0 unspecified atom stereocenters. The van der Waals surface area contributed by atoms with E-state index in [1.807, 2.05) is 31.2 Å². The predicted octanol–water partition coefficient (Wildman–Crippen LogP) is 2.81. The molecule has 0 aliphatic rings. The molecule has 0 saturated carbocycles. The molecule has 0 fully saturated rings. The van der Waals surface area contributed by atoms with Gasteiger partial charge in [0.1, 0.15) is 5.56 Å². The zero-order valence-corrected chi connectivity index (χ0v) is 13.5. The summed E-state index contributed by atoms with van der Waals surface area (Å²) in [7, 11) is 0. The number of benzene rings is 1. The fourth-order valence-corrected chi connectivity index (χ4v) is 2.34. The maximum absolute atomic E-state index is 12.1. The van der Waals surface area contributed by atoms with Gasteiger partial charge in [-0.15, -0.1) is 0 Å². The fraction of sp³-hybridized carbons (Fsp3) is 0.250. The molecule has 0 radical (unpaired) electrons. The van der Waals surface area contributed by atoms with Crippen molar-refractivity contribution in [2.75, 3.05) is 0 Å². The molecule has 0 aliphatic heterocycles. The summed E-state index contributed by atoms with van der Waals surface area (Å²) < 4.78 is 1.02.